The summed E-state index contributed by atoms with van der Waals surface area (Å²) in [6, 6.07) is 10.0. The Hall–Kier alpha value is -2.89. The van der Waals surface area contributed by atoms with E-state index in [0.717, 1.165) is 35.6 Å². The highest BCUT2D eigenvalue weighted by atomic mass is 16.5. The number of aromatic nitrogens is 3. The minimum absolute atomic E-state index is 0.0250. The predicted molar refractivity (Wildman–Crippen MR) is 109 cm³/mol. The van der Waals surface area contributed by atoms with Crippen molar-refractivity contribution in [1.29, 1.82) is 0 Å². The third kappa shape index (κ3) is 3.59. The van der Waals surface area contributed by atoms with Crippen molar-refractivity contribution >= 4 is 16.9 Å². The molecular weight excluding hydrogens is 352 g/mol. The molecule has 2 aromatic heterocycles. The Balaban J connectivity index is 1.45. The number of amides is 1. The zero-order chi connectivity index (χ0) is 19.7. The number of nitrogens with zero attached hydrogens (tertiary/aromatic N) is 4. The van der Waals surface area contributed by atoms with Crippen LogP contribution >= 0.6 is 0 Å². The minimum atomic E-state index is 0.0250. The molecule has 28 heavy (non-hydrogen) atoms. The molecule has 0 saturated carbocycles. The second-order valence-electron chi connectivity index (χ2n) is 7.73. The summed E-state index contributed by atoms with van der Waals surface area (Å²) in [7, 11) is 0. The number of aryl methyl sites for hydroxylation is 1. The first-order chi connectivity index (χ1) is 13.5. The molecule has 1 unspecified atom stereocenters. The van der Waals surface area contributed by atoms with Crippen LogP contribution < -0.4 is 4.74 Å². The summed E-state index contributed by atoms with van der Waals surface area (Å²) in [6.45, 7) is 7.83. The number of ether oxygens (including phenoxy) is 1. The predicted octanol–water partition coefficient (Wildman–Crippen LogP) is 3.72. The lowest BCUT2D eigenvalue weighted by molar-refractivity contribution is -0.132. The lowest BCUT2D eigenvalue weighted by Gasteiger charge is -2.19. The van der Waals surface area contributed by atoms with Crippen molar-refractivity contribution in [3.05, 3.63) is 54.1 Å². The third-order valence-corrected chi connectivity index (χ3v) is 5.32. The Morgan fingerprint density at radius 3 is 2.79 bits per heavy atom. The number of likely N-dealkylation sites (tertiary alicyclic amines) is 1. The first-order valence-electron chi connectivity index (χ1n) is 9.82. The number of benzene rings is 1. The van der Waals surface area contributed by atoms with Crippen LogP contribution in [0.1, 0.15) is 43.6 Å². The standard InChI is InChI=1S/C22H26N4O2/c1-15(2)26-20-12-23-10-8-19(20)24-22(26)17-9-11-25(13-17)21(27)14-28-18-6-4-16(3)5-7-18/h4-8,10,12,15,17H,9,11,13-14H2,1-3H3. The van der Waals surface area contributed by atoms with Crippen LogP contribution in [0.15, 0.2) is 42.7 Å². The van der Waals surface area contributed by atoms with E-state index in [9.17, 15) is 4.79 Å². The maximum atomic E-state index is 12.6. The van der Waals surface area contributed by atoms with Crippen molar-refractivity contribution < 1.29 is 9.53 Å². The van der Waals surface area contributed by atoms with E-state index in [1.807, 2.05) is 48.4 Å². The fourth-order valence-electron chi connectivity index (χ4n) is 3.86. The molecule has 6 heteroatoms. The Bertz CT molecular complexity index is 978. The maximum absolute atomic E-state index is 12.6. The topological polar surface area (TPSA) is 60.2 Å². The van der Waals surface area contributed by atoms with Gasteiger partial charge in [-0.1, -0.05) is 17.7 Å². The average Bonchev–Trinajstić information content (AvgIpc) is 3.32. The van der Waals surface area contributed by atoms with Crippen LogP contribution in [0.4, 0.5) is 0 Å². The van der Waals surface area contributed by atoms with Gasteiger partial charge in [-0.15, -0.1) is 0 Å². The zero-order valence-corrected chi connectivity index (χ0v) is 16.6. The second kappa shape index (κ2) is 7.62. The monoisotopic (exact) mass is 378 g/mol. The first kappa shape index (κ1) is 18.5. The number of hydrogen-bond donors (Lipinski definition) is 0. The van der Waals surface area contributed by atoms with E-state index in [1.165, 1.54) is 5.56 Å². The van der Waals surface area contributed by atoms with Crippen molar-refractivity contribution in [2.45, 2.75) is 39.2 Å². The van der Waals surface area contributed by atoms with E-state index in [1.54, 1.807) is 6.20 Å². The highest BCUT2D eigenvalue weighted by Gasteiger charge is 2.31. The van der Waals surface area contributed by atoms with Crippen LogP contribution in [0.5, 0.6) is 5.75 Å². The van der Waals surface area contributed by atoms with Gasteiger partial charge in [0.05, 0.1) is 17.2 Å². The summed E-state index contributed by atoms with van der Waals surface area (Å²) >= 11 is 0. The number of carbonyl (C=O) groups is 1. The van der Waals surface area contributed by atoms with E-state index in [2.05, 4.69) is 23.4 Å². The fourth-order valence-corrected chi connectivity index (χ4v) is 3.86. The van der Waals surface area contributed by atoms with Gasteiger partial charge in [0, 0.05) is 31.2 Å². The summed E-state index contributed by atoms with van der Waals surface area (Å²) in [5.74, 6) is 2.03. The molecule has 0 N–H and O–H groups in total. The minimum Gasteiger partial charge on any atom is -0.484 e. The van der Waals surface area contributed by atoms with E-state index >= 15 is 0 Å². The molecule has 1 amide bonds. The van der Waals surface area contributed by atoms with Gasteiger partial charge in [-0.2, -0.15) is 0 Å². The van der Waals surface area contributed by atoms with Crippen molar-refractivity contribution in [3.63, 3.8) is 0 Å². The highest BCUT2D eigenvalue weighted by molar-refractivity contribution is 5.78. The zero-order valence-electron chi connectivity index (χ0n) is 16.6. The molecule has 146 valence electrons. The molecule has 3 heterocycles. The van der Waals surface area contributed by atoms with Crippen LogP contribution in [-0.4, -0.2) is 45.0 Å². The van der Waals surface area contributed by atoms with Crippen LogP contribution in [0.25, 0.3) is 11.0 Å². The second-order valence-corrected chi connectivity index (χ2v) is 7.73. The van der Waals surface area contributed by atoms with Crippen molar-refractivity contribution in [3.8, 4) is 5.75 Å². The van der Waals surface area contributed by atoms with Crippen LogP contribution in [0, 0.1) is 6.92 Å². The summed E-state index contributed by atoms with van der Waals surface area (Å²) in [5, 5.41) is 0. The van der Waals surface area contributed by atoms with Gasteiger partial charge >= 0.3 is 0 Å². The largest absolute Gasteiger partial charge is 0.484 e. The Labute approximate surface area is 165 Å². The van der Waals surface area contributed by atoms with Gasteiger partial charge in [0.2, 0.25) is 0 Å². The van der Waals surface area contributed by atoms with Gasteiger partial charge in [0.15, 0.2) is 6.61 Å². The number of fused-ring (bicyclic) bond motifs is 1. The number of carbonyl (C=O) groups excluding carboxylic acids is 1. The number of hydrogen-bond acceptors (Lipinski definition) is 4. The molecule has 1 aliphatic heterocycles. The normalized spacial score (nSPS) is 16.9. The van der Waals surface area contributed by atoms with Crippen molar-refractivity contribution in [1.82, 2.24) is 19.4 Å². The average molecular weight is 378 g/mol. The maximum Gasteiger partial charge on any atom is 0.260 e. The molecule has 0 bridgehead atoms. The smallest absolute Gasteiger partial charge is 0.260 e. The van der Waals surface area contributed by atoms with Crippen LogP contribution in [-0.2, 0) is 4.79 Å². The molecule has 3 aromatic rings. The third-order valence-electron chi connectivity index (χ3n) is 5.32. The molecule has 4 rings (SSSR count). The Morgan fingerprint density at radius 2 is 2.04 bits per heavy atom. The van der Waals surface area contributed by atoms with Crippen LogP contribution in [0.2, 0.25) is 0 Å². The summed E-state index contributed by atoms with van der Waals surface area (Å²) < 4.78 is 7.92. The number of rotatable bonds is 5. The number of imidazole rings is 1. The lowest BCUT2D eigenvalue weighted by atomic mass is 10.1. The van der Waals surface area contributed by atoms with Gasteiger partial charge in [0.1, 0.15) is 11.6 Å². The van der Waals surface area contributed by atoms with Gasteiger partial charge in [-0.3, -0.25) is 9.78 Å². The summed E-state index contributed by atoms with van der Waals surface area (Å²) in [4.78, 5) is 23.6. The quantitative estimate of drug-likeness (QED) is 0.679. The molecule has 0 spiro atoms. The van der Waals surface area contributed by atoms with E-state index in [0.29, 0.717) is 12.6 Å². The van der Waals surface area contributed by atoms with Crippen molar-refractivity contribution in [2.75, 3.05) is 19.7 Å². The summed E-state index contributed by atoms with van der Waals surface area (Å²) in [6.07, 6.45) is 4.57. The highest BCUT2D eigenvalue weighted by Crippen LogP contribution is 2.31. The molecule has 0 radical (unpaired) electrons. The van der Waals surface area contributed by atoms with Gasteiger partial charge in [-0.25, -0.2) is 4.98 Å². The van der Waals surface area contributed by atoms with E-state index in [-0.39, 0.29) is 18.4 Å². The van der Waals surface area contributed by atoms with Gasteiger partial charge < -0.3 is 14.2 Å². The molecule has 0 aliphatic carbocycles. The van der Waals surface area contributed by atoms with Crippen molar-refractivity contribution in [2.24, 2.45) is 0 Å². The van der Waals surface area contributed by atoms with Gasteiger partial charge in [-0.05, 0) is 45.4 Å². The Kier molecular flexibility index (Phi) is 5.03. The SMILES string of the molecule is Cc1ccc(OCC(=O)N2CCC(c3nc4ccncc4n3C(C)C)C2)cc1. The number of pyridine rings is 1. The molecule has 1 aliphatic rings. The summed E-state index contributed by atoms with van der Waals surface area (Å²) in [5.41, 5.74) is 3.19. The molecule has 1 fully saturated rings. The molecular formula is C22H26N4O2. The lowest BCUT2D eigenvalue weighted by Crippen LogP contribution is -2.33. The van der Waals surface area contributed by atoms with E-state index in [4.69, 9.17) is 9.72 Å². The van der Waals surface area contributed by atoms with Crippen LogP contribution in [0.3, 0.4) is 0 Å². The molecule has 1 atom stereocenters. The molecule has 1 saturated heterocycles. The Morgan fingerprint density at radius 1 is 1.25 bits per heavy atom. The molecule has 1 aromatic carbocycles. The fraction of sp³-hybridized carbons (Fsp3) is 0.409. The first-order valence-corrected chi connectivity index (χ1v) is 9.82. The van der Waals surface area contributed by atoms with Gasteiger partial charge in [0.25, 0.3) is 5.91 Å². The van der Waals surface area contributed by atoms with E-state index < -0.39 is 0 Å². The molecule has 6 nitrogen and oxygen atoms in total.